The summed E-state index contributed by atoms with van der Waals surface area (Å²) in [7, 11) is 0. The van der Waals surface area contributed by atoms with Gasteiger partial charge in [-0.25, -0.2) is 4.79 Å². The third kappa shape index (κ3) is 5.55. The van der Waals surface area contributed by atoms with E-state index < -0.39 is 23.5 Å². The lowest BCUT2D eigenvalue weighted by molar-refractivity contribution is 0.00747. The fourth-order valence-electron chi connectivity index (χ4n) is 2.69. The van der Waals surface area contributed by atoms with Crippen LogP contribution in [0.1, 0.15) is 42.3 Å². The van der Waals surface area contributed by atoms with E-state index in [1.54, 1.807) is 56.3 Å². The second-order valence-electron chi connectivity index (χ2n) is 6.77. The Kier molecular flexibility index (Phi) is 6.98. The fourth-order valence-corrected chi connectivity index (χ4v) is 3.07. The van der Waals surface area contributed by atoms with Gasteiger partial charge in [-0.3, -0.25) is 10.1 Å². The van der Waals surface area contributed by atoms with Gasteiger partial charge in [-0.15, -0.1) is 0 Å². The first-order valence-corrected chi connectivity index (χ1v) is 9.20. The van der Waals surface area contributed by atoms with Gasteiger partial charge < -0.3 is 14.9 Å². The number of nitrogens with one attached hydrogen (secondary N) is 1. The number of benzene rings is 2. The van der Waals surface area contributed by atoms with Crippen LogP contribution in [-0.4, -0.2) is 28.8 Å². The number of imide groups is 1. The molecule has 0 spiro atoms. The van der Waals surface area contributed by atoms with Crippen molar-refractivity contribution in [2.24, 2.45) is 5.41 Å². The van der Waals surface area contributed by atoms with Crippen LogP contribution in [0.4, 0.5) is 4.79 Å². The summed E-state index contributed by atoms with van der Waals surface area (Å²) in [5.74, 6) is -0.630. The average Bonchev–Trinajstić information content (AvgIpc) is 2.62. The molecular formula is C20H22BrNO5. The maximum atomic E-state index is 12.3. The number of alkyl carbamates (subject to hydrolysis) is 1. The minimum absolute atomic E-state index is 0.0450. The SMILES string of the molecule is CC(C)(CCO)[C@@H](OC(=O)NC(=O)c1ccccc1)c1cc(Br)ccc1O. The Morgan fingerprint density at radius 3 is 2.48 bits per heavy atom. The summed E-state index contributed by atoms with van der Waals surface area (Å²) in [6.07, 6.45) is -1.49. The summed E-state index contributed by atoms with van der Waals surface area (Å²) in [4.78, 5) is 24.5. The molecule has 27 heavy (non-hydrogen) atoms. The van der Waals surface area contributed by atoms with Gasteiger partial charge in [0.2, 0.25) is 0 Å². The number of aliphatic hydroxyl groups is 1. The highest BCUT2D eigenvalue weighted by molar-refractivity contribution is 9.10. The first-order chi connectivity index (χ1) is 12.7. The maximum absolute atomic E-state index is 12.3. The van der Waals surface area contributed by atoms with Gasteiger partial charge in [0, 0.05) is 27.6 Å². The van der Waals surface area contributed by atoms with E-state index in [9.17, 15) is 19.8 Å². The molecule has 0 heterocycles. The van der Waals surface area contributed by atoms with Gasteiger partial charge in [0.05, 0.1) is 0 Å². The zero-order chi connectivity index (χ0) is 20.0. The Balaban J connectivity index is 2.25. The summed E-state index contributed by atoms with van der Waals surface area (Å²) in [6, 6.07) is 13.1. The van der Waals surface area contributed by atoms with E-state index in [0.717, 1.165) is 0 Å². The number of aromatic hydroxyl groups is 1. The molecule has 0 aliphatic carbocycles. The quantitative estimate of drug-likeness (QED) is 0.632. The van der Waals surface area contributed by atoms with Crippen LogP contribution >= 0.6 is 15.9 Å². The molecule has 0 saturated carbocycles. The molecule has 2 aromatic rings. The molecule has 0 bridgehead atoms. The molecule has 144 valence electrons. The van der Waals surface area contributed by atoms with Gasteiger partial charge in [0.1, 0.15) is 11.9 Å². The molecule has 6 nitrogen and oxygen atoms in total. The monoisotopic (exact) mass is 435 g/mol. The van der Waals surface area contributed by atoms with Crippen molar-refractivity contribution in [3.8, 4) is 5.75 Å². The van der Waals surface area contributed by atoms with Crippen molar-refractivity contribution in [1.29, 1.82) is 0 Å². The predicted octanol–water partition coefficient (Wildman–Crippen LogP) is 4.17. The molecule has 0 aromatic heterocycles. The van der Waals surface area contributed by atoms with E-state index in [0.29, 0.717) is 22.0 Å². The van der Waals surface area contributed by atoms with Crippen LogP contribution in [0.2, 0.25) is 0 Å². The first kappa shape index (κ1) is 20.9. The number of carbonyl (C=O) groups is 2. The highest BCUT2D eigenvalue weighted by atomic mass is 79.9. The van der Waals surface area contributed by atoms with Crippen LogP contribution in [0, 0.1) is 5.41 Å². The Labute approximate surface area is 166 Å². The van der Waals surface area contributed by atoms with Crippen LogP contribution < -0.4 is 5.32 Å². The third-order valence-corrected chi connectivity index (χ3v) is 4.71. The van der Waals surface area contributed by atoms with Crippen LogP contribution in [0.3, 0.4) is 0 Å². The van der Waals surface area contributed by atoms with E-state index in [1.807, 2.05) is 0 Å². The number of halogens is 1. The van der Waals surface area contributed by atoms with E-state index in [4.69, 9.17) is 4.74 Å². The summed E-state index contributed by atoms with van der Waals surface area (Å²) < 4.78 is 6.22. The molecule has 2 amide bonds. The number of ether oxygens (including phenoxy) is 1. The summed E-state index contributed by atoms with van der Waals surface area (Å²) in [6.45, 7) is 3.49. The van der Waals surface area contributed by atoms with E-state index in [1.165, 1.54) is 6.07 Å². The highest BCUT2D eigenvalue weighted by Gasteiger charge is 2.36. The Morgan fingerprint density at radius 2 is 1.85 bits per heavy atom. The number of carbonyl (C=O) groups excluding carboxylic acids is 2. The molecule has 0 aliphatic heterocycles. The normalized spacial score (nSPS) is 12.3. The number of rotatable bonds is 6. The maximum Gasteiger partial charge on any atom is 0.414 e. The second-order valence-corrected chi connectivity index (χ2v) is 7.69. The molecule has 0 aliphatic rings. The zero-order valence-corrected chi connectivity index (χ0v) is 16.7. The number of amides is 2. The zero-order valence-electron chi connectivity index (χ0n) is 15.1. The number of aliphatic hydroxyl groups excluding tert-OH is 1. The van der Waals surface area contributed by atoms with E-state index >= 15 is 0 Å². The Morgan fingerprint density at radius 1 is 1.19 bits per heavy atom. The molecule has 7 heteroatoms. The lowest BCUT2D eigenvalue weighted by Crippen LogP contribution is -2.36. The van der Waals surface area contributed by atoms with Gasteiger partial charge in [0.15, 0.2) is 0 Å². The highest BCUT2D eigenvalue weighted by Crippen LogP contribution is 2.43. The average molecular weight is 436 g/mol. The van der Waals surface area contributed by atoms with Crippen LogP contribution in [0.5, 0.6) is 5.75 Å². The van der Waals surface area contributed by atoms with Crippen molar-refractivity contribution in [2.75, 3.05) is 6.61 Å². The van der Waals surface area contributed by atoms with Crippen molar-refractivity contribution in [2.45, 2.75) is 26.4 Å². The van der Waals surface area contributed by atoms with Crippen molar-refractivity contribution in [3.63, 3.8) is 0 Å². The van der Waals surface area contributed by atoms with Crippen LogP contribution in [0.15, 0.2) is 53.0 Å². The lowest BCUT2D eigenvalue weighted by atomic mass is 9.79. The summed E-state index contributed by atoms with van der Waals surface area (Å²) in [5, 5.41) is 21.8. The summed E-state index contributed by atoms with van der Waals surface area (Å²) >= 11 is 3.34. The van der Waals surface area contributed by atoms with Crippen LogP contribution in [0.25, 0.3) is 0 Å². The molecule has 0 radical (unpaired) electrons. The molecule has 0 unspecified atom stereocenters. The number of phenolic OH excluding ortho intramolecular Hbond substituents is 1. The first-order valence-electron chi connectivity index (χ1n) is 8.41. The predicted molar refractivity (Wildman–Crippen MR) is 104 cm³/mol. The van der Waals surface area contributed by atoms with Crippen molar-refractivity contribution >= 4 is 27.9 Å². The van der Waals surface area contributed by atoms with Gasteiger partial charge in [-0.05, 0) is 36.8 Å². The molecular weight excluding hydrogens is 414 g/mol. The smallest absolute Gasteiger partial charge is 0.414 e. The molecule has 1 atom stereocenters. The number of hydrogen-bond donors (Lipinski definition) is 3. The minimum atomic E-state index is -0.931. The molecule has 3 N–H and O–H groups in total. The number of hydrogen-bond acceptors (Lipinski definition) is 5. The summed E-state index contributed by atoms with van der Waals surface area (Å²) in [5.41, 5.74) is 0.0104. The van der Waals surface area contributed by atoms with Gasteiger partial charge in [0.25, 0.3) is 5.91 Å². The topological polar surface area (TPSA) is 95.9 Å². The largest absolute Gasteiger partial charge is 0.508 e. The Hall–Kier alpha value is -2.38. The minimum Gasteiger partial charge on any atom is -0.508 e. The molecule has 2 aromatic carbocycles. The lowest BCUT2D eigenvalue weighted by Gasteiger charge is -2.34. The van der Waals surface area contributed by atoms with Crippen LogP contribution in [-0.2, 0) is 4.74 Å². The number of phenols is 1. The second kappa shape index (κ2) is 9.01. The standard InChI is InChI=1S/C20H22BrNO5/c1-20(2,10-11-23)17(15-12-14(21)8-9-16(15)24)27-19(26)22-18(25)13-6-4-3-5-7-13/h3-9,12,17,23-24H,10-11H2,1-2H3,(H,22,25,26)/t17-/m0/s1. The van der Waals surface area contributed by atoms with Crippen molar-refractivity contribution in [3.05, 3.63) is 64.1 Å². The van der Waals surface area contributed by atoms with Gasteiger partial charge >= 0.3 is 6.09 Å². The molecule has 2 rings (SSSR count). The molecule has 0 fully saturated rings. The van der Waals surface area contributed by atoms with Crippen molar-refractivity contribution in [1.82, 2.24) is 5.32 Å². The van der Waals surface area contributed by atoms with Crippen molar-refractivity contribution < 1.29 is 24.5 Å². The Bertz CT molecular complexity index is 807. The van der Waals surface area contributed by atoms with Gasteiger partial charge in [-0.2, -0.15) is 0 Å². The fraction of sp³-hybridized carbons (Fsp3) is 0.300. The van der Waals surface area contributed by atoms with Gasteiger partial charge in [-0.1, -0.05) is 48.0 Å². The van der Waals surface area contributed by atoms with E-state index in [2.05, 4.69) is 21.2 Å². The van der Waals surface area contributed by atoms with E-state index in [-0.39, 0.29) is 12.4 Å². The molecule has 0 saturated heterocycles. The third-order valence-electron chi connectivity index (χ3n) is 4.21.